The molecule has 0 aliphatic rings. The molecule has 2 rings (SSSR count). The summed E-state index contributed by atoms with van der Waals surface area (Å²) in [4.78, 5) is 4.22. The Hall–Kier alpha value is -1.20. The average Bonchev–Trinajstić information content (AvgIpc) is 2.56. The van der Waals surface area contributed by atoms with E-state index in [0.717, 1.165) is 9.83 Å². The van der Waals surface area contributed by atoms with Gasteiger partial charge in [0.25, 0.3) is 0 Å². The van der Waals surface area contributed by atoms with Crippen LogP contribution in [0.2, 0.25) is 5.15 Å². The molecule has 0 atom stereocenters. The van der Waals surface area contributed by atoms with Crippen LogP contribution in [0.3, 0.4) is 0 Å². The Morgan fingerprint density at radius 2 is 2.43 bits per heavy atom. The first-order valence-electron chi connectivity index (χ1n) is 3.94. The second kappa shape index (κ2) is 3.89. The molecule has 2 aromatic heterocycles. The fraction of sp³-hybridized carbons (Fsp3) is 0.125. The molecule has 0 unspecified atom stereocenters. The van der Waals surface area contributed by atoms with Crippen LogP contribution in [-0.4, -0.2) is 21.7 Å². The molecule has 2 heterocycles. The first-order valence-corrected chi connectivity index (χ1v) is 5.13. The van der Waals surface area contributed by atoms with Gasteiger partial charge < -0.3 is 5.32 Å². The van der Waals surface area contributed by atoms with E-state index in [1.54, 1.807) is 12.1 Å². The van der Waals surface area contributed by atoms with Crippen molar-refractivity contribution in [1.29, 1.82) is 0 Å². The third-order valence-electron chi connectivity index (χ3n) is 1.52. The number of hydrogen-bond acceptors (Lipinski definition) is 5. The molecule has 14 heavy (non-hydrogen) atoms. The lowest BCUT2D eigenvalue weighted by atomic mass is 10.6. The highest BCUT2D eigenvalue weighted by Gasteiger charge is 2.04. The van der Waals surface area contributed by atoms with Crippen molar-refractivity contribution in [3.05, 3.63) is 23.9 Å². The maximum Gasteiger partial charge on any atom is 0.194 e. The number of nitrogens with zero attached hydrogens (tertiary/aromatic N) is 3. The van der Waals surface area contributed by atoms with Crippen molar-refractivity contribution in [3.8, 4) is 0 Å². The third-order valence-corrected chi connectivity index (χ3v) is 2.66. The summed E-state index contributed by atoms with van der Waals surface area (Å²) in [6.45, 7) is 4.29. The zero-order valence-electron chi connectivity index (χ0n) is 7.20. The predicted molar refractivity (Wildman–Crippen MR) is 58.9 cm³/mol. The van der Waals surface area contributed by atoms with Gasteiger partial charge in [0.2, 0.25) is 0 Å². The van der Waals surface area contributed by atoms with Gasteiger partial charge in [-0.1, -0.05) is 29.0 Å². The van der Waals surface area contributed by atoms with Gasteiger partial charge >= 0.3 is 0 Å². The Bertz CT molecular complexity index is 467. The van der Waals surface area contributed by atoms with Gasteiger partial charge in [-0.2, -0.15) is 4.98 Å². The number of nitrogens with one attached hydrogen (secondary N) is 1. The van der Waals surface area contributed by atoms with Crippen molar-refractivity contribution in [2.24, 2.45) is 0 Å². The van der Waals surface area contributed by atoms with Crippen molar-refractivity contribution in [1.82, 2.24) is 15.2 Å². The number of rotatable bonds is 3. The first kappa shape index (κ1) is 9.36. The summed E-state index contributed by atoms with van der Waals surface area (Å²) in [6, 6.07) is 1.75. The fourth-order valence-electron chi connectivity index (χ4n) is 0.957. The quantitative estimate of drug-likeness (QED) is 0.817. The third kappa shape index (κ3) is 1.83. The maximum absolute atomic E-state index is 5.70. The minimum Gasteiger partial charge on any atom is -0.358 e. The van der Waals surface area contributed by atoms with Gasteiger partial charge in [-0.25, -0.2) is 0 Å². The van der Waals surface area contributed by atoms with Crippen LogP contribution < -0.4 is 5.32 Å². The van der Waals surface area contributed by atoms with Crippen molar-refractivity contribution < 1.29 is 0 Å². The van der Waals surface area contributed by atoms with Crippen LogP contribution in [0, 0.1) is 0 Å². The van der Waals surface area contributed by atoms with E-state index in [1.807, 2.05) is 0 Å². The minimum absolute atomic E-state index is 0.386. The van der Waals surface area contributed by atoms with E-state index in [1.165, 1.54) is 11.3 Å². The lowest BCUT2D eigenvalue weighted by molar-refractivity contribution is 1.06. The van der Waals surface area contributed by atoms with Crippen LogP contribution >= 0.6 is 22.9 Å². The molecule has 0 amide bonds. The summed E-state index contributed by atoms with van der Waals surface area (Å²) in [5, 5.41) is 11.8. The number of hydrogen-bond donors (Lipinski definition) is 1. The highest BCUT2D eigenvalue weighted by Crippen LogP contribution is 2.25. The summed E-state index contributed by atoms with van der Waals surface area (Å²) in [5.74, 6) is 0. The van der Waals surface area contributed by atoms with Crippen molar-refractivity contribution in [2.75, 3.05) is 11.9 Å². The van der Waals surface area contributed by atoms with Crippen LogP contribution in [0.15, 0.2) is 18.7 Å². The second-order valence-electron chi connectivity index (χ2n) is 2.54. The van der Waals surface area contributed by atoms with Gasteiger partial charge in [0.1, 0.15) is 0 Å². The van der Waals surface area contributed by atoms with E-state index >= 15 is 0 Å². The topological polar surface area (TPSA) is 50.7 Å². The molecule has 0 bridgehead atoms. The molecule has 6 heteroatoms. The van der Waals surface area contributed by atoms with Crippen LogP contribution in [0.4, 0.5) is 5.13 Å². The summed E-state index contributed by atoms with van der Waals surface area (Å²) < 4.78 is 0.927. The highest BCUT2D eigenvalue weighted by molar-refractivity contribution is 7.22. The van der Waals surface area contributed by atoms with Crippen molar-refractivity contribution in [3.63, 3.8) is 0 Å². The summed E-state index contributed by atoms with van der Waals surface area (Å²) >= 11 is 7.20. The smallest absolute Gasteiger partial charge is 0.194 e. The van der Waals surface area contributed by atoms with Crippen LogP contribution in [0.1, 0.15) is 0 Å². The normalized spacial score (nSPS) is 10.4. The molecule has 1 N–H and O–H groups in total. The number of halogens is 1. The number of thiazole rings is 1. The molecule has 72 valence electrons. The average molecular weight is 227 g/mol. The molecule has 2 aromatic rings. The van der Waals surface area contributed by atoms with Crippen LogP contribution in [0.25, 0.3) is 10.3 Å². The van der Waals surface area contributed by atoms with Gasteiger partial charge in [-0.3, -0.25) is 0 Å². The Morgan fingerprint density at radius 3 is 3.21 bits per heavy atom. The molecule has 0 aromatic carbocycles. The molecular formula is C8H7ClN4S. The van der Waals surface area contributed by atoms with Crippen molar-refractivity contribution in [2.45, 2.75) is 0 Å². The van der Waals surface area contributed by atoms with Gasteiger partial charge in [0.15, 0.2) is 15.9 Å². The van der Waals surface area contributed by atoms with Gasteiger partial charge in [0.05, 0.1) is 4.70 Å². The molecule has 0 aliphatic carbocycles. The Balaban J connectivity index is 2.36. The monoisotopic (exact) mass is 226 g/mol. The standard InChI is InChI=1S/C8H7ClN4S/c1-2-3-10-8-11-7-5(14-8)4-6(9)12-13-7/h2,4H,1,3H2,(H,10,11,13). The molecule has 0 saturated carbocycles. The van der Waals surface area contributed by atoms with Gasteiger partial charge in [0, 0.05) is 6.54 Å². The Kier molecular flexibility index (Phi) is 2.60. The lowest BCUT2D eigenvalue weighted by Gasteiger charge is -1.93. The van der Waals surface area contributed by atoms with Crippen molar-refractivity contribution >= 4 is 38.4 Å². The highest BCUT2D eigenvalue weighted by atomic mass is 35.5. The van der Waals surface area contributed by atoms with E-state index in [0.29, 0.717) is 17.3 Å². The first-order chi connectivity index (χ1) is 6.79. The molecule has 4 nitrogen and oxygen atoms in total. The number of aromatic nitrogens is 3. The van der Waals surface area contributed by atoms with E-state index in [9.17, 15) is 0 Å². The Morgan fingerprint density at radius 1 is 1.57 bits per heavy atom. The lowest BCUT2D eigenvalue weighted by Crippen LogP contribution is -1.96. The van der Waals surface area contributed by atoms with E-state index < -0.39 is 0 Å². The number of fused-ring (bicyclic) bond motifs is 1. The Labute approximate surface area is 89.6 Å². The van der Waals surface area contributed by atoms with Crippen LogP contribution in [0.5, 0.6) is 0 Å². The van der Waals surface area contributed by atoms with E-state index in [-0.39, 0.29) is 0 Å². The molecule has 0 radical (unpaired) electrons. The molecule has 0 saturated heterocycles. The largest absolute Gasteiger partial charge is 0.358 e. The minimum atomic E-state index is 0.386. The second-order valence-corrected chi connectivity index (χ2v) is 3.96. The fourth-order valence-corrected chi connectivity index (χ4v) is 2.01. The molecule has 0 spiro atoms. The zero-order chi connectivity index (χ0) is 9.97. The molecular weight excluding hydrogens is 220 g/mol. The molecule has 0 fully saturated rings. The summed E-state index contributed by atoms with van der Waals surface area (Å²) in [7, 11) is 0. The zero-order valence-corrected chi connectivity index (χ0v) is 8.77. The van der Waals surface area contributed by atoms with Gasteiger partial charge in [-0.05, 0) is 6.07 Å². The van der Waals surface area contributed by atoms with E-state index in [2.05, 4.69) is 27.1 Å². The molecule has 0 aliphatic heterocycles. The van der Waals surface area contributed by atoms with Gasteiger partial charge in [-0.15, -0.1) is 16.8 Å². The SMILES string of the molecule is C=CCNc1nc2nnc(Cl)cc2s1. The maximum atomic E-state index is 5.70. The predicted octanol–water partition coefficient (Wildman–Crippen LogP) is 2.34. The summed E-state index contributed by atoms with van der Waals surface area (Å²) in [6.07, 6.45) is 1.77. The number of anilines is 1. The summed E-state index contributed by atoms with van der Waals surface area (Å²) in [5.41, 5.74) is 0.617. The van der Waals surface area contributed by atoms with Crippen LogP contribution in [-0.2, 0) is 0 Å². The van der Waals surface area contributed by atoms with E-state index in [4.69, 9.17) is 11.6 Å².